The molecule has 2 heteroatoms. The standard InChI is InChI=1S/C15H12N.C13H27.Sn/c1-2-11-16-14-9-5-3-7-12(14)13-8-4-6-10-15(13)16;1-4-7-10-13(11-8-5-2)12-9-6-3;/h3-10H,1,11H2;4-12H2,1-3H3;. The van der Waals surface area contributed by atoms with E-state index in [2.05, 4.69) is 73.9 Å². The van der Waals surface area contributed by atoms with Gasteiger partial charge in [0.25, 0.3) is 0 Å². The third-order valence-electron chi connectivity index (χ3n) is 6.50. The molecule has 0 unspecified atom stereocenters. The molecule has 0 saturated carbocycles. The molecular weight excluding hydrogens is 469 g/mol. The Morgan fingerprint density at radius 3 is 1.63 bits per heavy atom. The quantitative estimate of drug-likeness (QED) is 0.204. The van der Waals surface area contributed by atoms with Crippen LogP contribution in [0.3, 0.4) is 0 Å². The number of nitrogens with zero attached hydrogens (tertiary/aromatic N) is 1. The van der Waals surface area contributed by atoms with Crippen molar-refractivity contribution in [1.29, 1.82) is 0 Å². The normalized spacial score (nSPS) is 12.1. The first-order chi connectivity index (χ1) is 14.6. The zero-order valence-corrected chi connectivity index (χ0v) is 22.2. The third-order valence-corrected chi connectivity index (χ3v) is 11.6. The van der Waals surface area contributed by atoms with Crippen molar-refractivity contribution in [2.24, 2.45) is 0 Å². The Balaban J connectivity index is 1.88. The Bertz CT molecular complexity index is 877. The fraction of sp³-hybridized carbons (Fsp3) is 0.500. The predicted molar refractivity (Wildman–Crippen MR) is 136 cm³/mol. The Labute approximate surface area is 194 Å². The molecule has 1 aromatic heterocycles. The number of benzene rings is 2. The number of hydrogen-bond donors (Lipinski definition) is 0. The topological polar surface area (TPSA) is 4.93 Å². The fourth-order valence-corrected chi connectivity index (χ4v) is 10.3. The maximum atomic E-state index is 4.71. The van der Waals surface area contributed by atoms with Crippen LogP contribution in [0.4, 0.5) is 0 Å². The minimum atomic E-state index is -0.738. The van der Waals surface area contributed by atoms with E-state index in [0.717, 1.165) is 6.54 Å². The number of unbranched alkanes of at least 4 members (excludes halogenated alkanes) is 3. The van der Waals surface area contributed by atoms with Gasteiger partial charge in [0.05, 0.1) is 0 Å². The van der Waals surface area contributed by atoms with Gasteiger partial charge in [0.2, 0.25) is 0 Å². The number of rotatable bonds is 13. The van der Waals surface area contributed by atoms with Crippen LogP contribution >= 0.6 is 0 Å². The Morgan fingerprint density at radius 1 is 0.767 bits per heavy atom. The number of hydrogen-bond acceptors (Lipinski definition) is 0. The van der Waals surface area contributed by atoms with Crippen molar-refractivity contribution in [3.63, 3.8) is 0 Å². The summed E-state index contributed by atoms with van der Waals surface area (Å²) < 4.78 is 4.72. The average molecular weight is 508 g/mol. The first-order valence-electron chi connectivity index (χ1n) is 12.1. The summed E-state index contributed by atoms with van der Waals surface area (Å²) in [6.07, 6.45) is 12.4. The van der Waals surface area contributed by atoms with Gasteiger partial charge in [-0.15, -0.1) is 0 Å². The van der Waals surface area contributed by atoms with Gasteiger partial charge in [-0.3, -0.25) is 0 Å². The summed E-state index contributed by atoms with van der Waals surface area (Å²) in [6, 6.07) is 17.8. The van der Waals surface area contributed by atoms with E-state index < -0.39 is 21.1 Å². The second-order valence-electron chi connectivity index (χ2n) is 8.94. The van der Waals surface area contributed by atoms with Crippen LogP contribution in [0.1, 0.15) is 78.6 Å². The van der Waals surface area contributed by atoms with E-state index in [0.29, 0.717) is 3.43 Å². The van der Waals surface area contributed by atoms with Gasteiger partial charge in [0, 0.05) is 0 Å². The van der Waals surface area contributed by atoms with Crippen LogP contribution in [0.25, 0.3) is 21.8 Å². The van der Waals surface area contributed by atoms with Gasteiger partial charge in [0.1, 0.15) is 0 Å². The van der Waals surface area contributed by atoms with E-state index in [1.54, 1.807) is 3.59 Å². The van der Waals surface area contributed by atoms with E-state index in [1.165, 1.54) is 79.6 Å². The molecule has 0 N–H and O–H groups in total. The van der Waals surface area contributed by atoms with E-state index in [1.807, 2.05) is 0 Å². The van der Waals surface area contributed by atoms with Crippen LogP contribution in [0.2, 0.25) is 3.43 Å². The molecule has 0 amide bonds. The Hall–Kier alpha value is -1.22. The minimum absolute atomic E-state index is 0.612. The van der Waals surface area contributed by atoms with Crippen molar-refractivity contribution in [2.75, 3.05) is 0 Å². The molecule has 1 nitrogen and oxygen atoms in total. The van der Waals surface area contributed by atoms with Gasteiger partial charge in [-0.05, 0) is 0 Å². The van der Waals surface area contributed by atoms with Crippen LogP contribution in [0.5, 0.6) is 0 Å². The van der Waals surface area contributed by atoms with Crippen molar-refractivity contribution < 1.29 is 0 Å². The average Bonchev–Trinajstić information content (AvgIpc) is 3.08. The molecule has 2 aromatic carbocycles. The van der Waals surface area contributed by atoms with Gasteiger partial charge in [-0.1, -0.05) is 0 Å². The van der Waals surface area contributed by atoms with Crippen LogP contribution in [-0.2, 0) is 6.54 Å². The molecule has 1 heterocycles. The SMILES string of the molecule is C=[C](Cn1c2ccccc2c2ccccc21)[Sn][C](CCCC)(CCCC)CCCC. The predicted octanol–water partition coefficient (Wildman–Crippen LogP) is 8.74. The second kappa shape index (κ2) is 11.4. The molecule has 160 valence electrons. The fourth-order valence-electron chi connectivity index (χ4n) is 4.89. The van der Waals surface area contributed by atoms with Crippen molar-refractivity contribution in [2.45, 2.75) is 88.5 Å². The maximum absolute atomic E-state index is 4.71. The summed E-state index contributed by atoms with van der Waals surface area (Å²) in [5.41, 5.74) is 2.72. The second-order valence-corrected chi connectivity index (χ2v) is 14.7. The first kappa shape index (κ1) is 23.4. The van der Waals surface area contributed by atoms with Gasteiger partial charge in [-0.2, -0.15) is 0 Å². The summed E-state index contributed by atoms with van der Waals surface area (Å²) in [6.45, 7) is 12.8. The van der Waals surface area contributed by atoms with E-state index in [4.69, 9.17) is 6.58 Å². The van der Waals surface area contributed by atoms with Crippen LogP contribution in [0.15, 0.2) is 58.7 Å². The Morgan fingerprint density at radius 2 is 1.20 bits per heavy atom. The summed E-state index contributed by atoms with van der Waals surface area (Å²) in [7, 11) is 0. The molecule has 0 aliphatic rings. The molecule has 3 rings (SSSR count). The summed E-state index contributed by atoms with van der Waals surface area (Å²) in [4.78, 5) is 0. The molecular formula is C28H39NSn. The van der Waals surface area contributed by atoms with Crippen molar-refractivity contribution >= 4 is 42.9 Å². The zero-order valence-electron chi connectivity index (χ0n) is 19.3. The van der Waals surface area contributed by atoms with Crippen molar-refractivity contribution in [1.82, 2.24) is 4.57 Å². The molecule has 0 aliphatic heterocycles. The molecule has 0 aliphatic carbocycles. The molecule has 0 spiro atoms. The zero-order chi connectivity index (χ0) is 21.4. The van der Waals surface area contributed by atoms with E-state index in [-0.39, 0.29) is 0 Å². The van der Waals surface area contributed by atoms with Crippen LogP contribution in [-0.4, -0.2) is 25.7 Å². The van der Waals surface area contributed by atoms with Gasteiger partial charge in [0.15, 0.2) is 0 Å². The van der Waals surface area contributed by atoms with Gasteiger partial charge in [-0.25, -0.2) is 0 Å². The summed E-state index contributed by atoms with van der Waals surface area (Å²) in [5.74, 6) is 0. The molecule has 3 aromatic rings. The number of para-hydroxylation sites is 2. The number of allylic oxidation sites excluding steroid dienone is 1. The van der Waals surface area contributed by atoms with Crippen LogP contribution < -0.4 is 0 Å². The van der Waals surface area contributed by atoms with Gasteiger partial charge < -0.3 is 0 Å². The molecule has 2 radical (unpaired) electrons. The molecule has 0 atom stereocenters. The van der Waals surface area contributed by atoms with E-state index >= 15 is 0 Å². The molecule has 0 saturated heterocycles. The number of fused-ring (bicyclic) bond motifs is 3. The molecule has 0 bridgehead atoms. The third kappa shape index (κ3) is 5.52. The number of aromatic nitrogens is 1. The summed E-state index contributed by atoms with van der Waals surface area (Å²) >= 11 is -0.738. The monoisotopic (exact) mass is 509 g/mol. The Kier molecular flexibility index (Phi) is 8.92. The van der Waals surface area contributed by atoms with Crippen LogP contribution in [0, 0.1) is 0 Å². The summed E-state index contributed by atoms with van der Waals surface area (Å²) in [5, 5.41) is 2.75. The molecule has 0 fully saturated rings. The molecule has 30 heavy (non-hydrogen) atoms. The van der Waals surface area contributed by atoms with Gasteiger partial charge >= 0.3 is 195 Å². The van der Waals surface area contributed by atoms with Crippen molar-refractivity contribution in [3.05, 3.63) is 58.7 Å². The van der Waals surface area contributed by atoms with Crippen molar-refractivity contribution in [3.8, 4) is 0 Å². The van der Waals surface area contributed by atoms with E-state index in [9.17, 15) is 0 Å². The first-order valence-corrected chi connectivity index (χ1v) is 14.9.